The van der Waals surface area contributed by atoms with Crippen molar-refractivity contribution in [1.29, 1.82) is 0 Å². The molecule has 24 heavy (non-hydrogen) atoms. The molecule has 1 aliphatic heterocycles. The van der Waals surface area contributed by atoms with Crippen LogP contribution >= 0.6 is 0 Å². The number of hydrogen-bond donors (Lipinski definition) is 1. The molecule has 4 heteroatoms. The lowest BCUT2D eigenvalue weighted by Crippen LogP contribution is -2.47. The van der Waals surface area contributed by atoms with Gasteiger partial charge in [0.15, 0.2) is 0 Å². The van der Waals surface area contributed by atoms with Crippen molar-refractivity contribution in [3.05, 3.63) is 65.2 Å². The minimum Gasteiger partial charge on any atom is -0.350 e. The van der Waals surface area contributed by atoms with E-state index in [0.717, 1.165) is 22.4 Å². The molecule has 0 unspecified atom stereocenters. The van der Waals surface area contributed by atoms with E-state index in [0.29, 0.717) is 19.4 Å². The van der Waals surface area contributed by atoms with E-state index in [1.807, 2.05) is 56.3 Å². The van der Waals surface area contributed by atoms with E-state index in [4.69, 9.17) is 0 Å². The molecule has 4 nitrogen and oxygen atoms in total. The number of nitrogens with one attached hydrogen (secondary N) is 1. The zero-order valence-electron chi connectivity index (χ0n) is 14.1. The molecular weight excluding hydrogens is 300 g/mol. The molecule has 0 aliphatic carbocycles. The van der Waals surface area contributed by atoms with E-state index >= 15 is 0 Å². The molecule has 0 bridgehead atoms. The smallest absolute Gasteiger partial charge is 0.243 e. The zero-order chi connectivity index (χ0) is 17.1. The molecule has 1 atom stereocenters. The van der Waals surface area contributed by atoms with Crippen LogP contribution in [-0.4, -0.2) is 17.9 Å². The number of hydrogen-bond acceptors (Lipinski definition) is 2. The molecule has 2 aromatic rings. The molecule has 0 aromatic heterocycles. The maximum absolute atomic E-state index is 12.7. The highest BCUT2D eigenvalue weighted by Gasteiger charge is 2.37. The van der Waals surface area contributed by atoms with E-state index in [1.54, 1.807) is 4.90 Å². The predicted octanol–water partition coefficient (Wildman–Crippen LogP) is 2.98. The van der Waals surface area contributed by atoms with Crippen LogP contribution in [0.15, 0.2) is 48.5 Å². The molecule has 0 saturated heterocycles. The molecule has 1 heterocycles. The Balaban J connectivity index is 1.75. The minimum absolute atomic E-state index is 0.0179. The van der Waals surface area contributed by atoms with Crippen LogP contribution in [0, 0.1) is 6.92 Å². The van der Waals surface area contributed by atoms with Crippen molar-refractivity contribution in [3.8, 4) is 0 Å². The number of anilines is 1. The fourth-order valence-electron chi connectivity index (χ4n) is 3.20. The summed E-state index contributed by atoms with van der Waals surface area (Å²) in [5.74, 6) is -0.120. The molecule has 2 aromatic carbocycles. The predicted molar refractivity (Wildman–Crippen MR) is 94.7 cm³/mol. The second-order valence-electron chi connectivity index (χ2n) is 6.17. The lowest BCUT2D eigenvalue weighted by atomic mass is 10.1. The number of amides is 2. The van der Waals surface area contributed by atoms with Crippen molar-refractivity contribution in [2.24, 2.45) is 0 Å². The second-order valence-corrected chi connectivity index (χ2v) is 6.17. The fourth-order valence-corrected chi connectivity index (χ4v) is 3.20. The van der Waals surface area contributed by atoms with Gasteiger partial charge in [-0.3, -0.25) is 14.5 Å². The standard InChI is InChI=1S/C20H22N2O2/c1-3-19(23)22-17-10-5-4-9-16(17)12-18(22)20(24)21-13-15-8-6-7-14(2)11-15/h4-11,18H,3,12-13H2,1-2H3,(H,21,24)/t18-/m1/s1. The molecule has 1 aliphatic rings. The van der Waals surface area contributed by atoms with Gasteiger partial charge >= 0.3 is 0 Å². The Hall–Kier alpha value is -2.62. The highest BCUT2D eigenvalue weighted by atomic mass is 16.2. The Labute approximate surface area is 142 Å². The minimum atomic E-state index is -0.459. The Morgan fingerprint density at radius 3 is 2.71 bits per heavy atom. The Morgan fingerprint density at radius 1 is 1.17 bits per heavy atom. The third-order valence-electron chi connectivity index (χ3n) is 4.40. The average molecular weight is 322 g/mol. The third-order valence-corrected chi connectivity index (χ3v) is 4.40. The van der Waals surface area contributed by atoms with Crippen LogP contribution in [0.25, 0.3) is 0 Å². The summed E-state index contributed by atoms with van der Waals surface area (Å²) in [6, 6.07) is 15.3. The first kappa shape index (κ1) is 16.2. The Bertz CT molecular complexity index is 770. The molecule has 0 saturated carbocycles. The molecular formula is C20H22N2O2. The Morgan fingerprint density at radius 2 is 1.96 bits per heavy atom. The highest BCUT2D eigenvalue weighted by Crippen LogP contribution is 2.32. The van der Waals surface area contributed by atoms with Crippen molar-refractivity contribution >= 4 is 17.5 Å². The molecule has 0 radical (unpaired) electrons. The van der Waals surface area contributed by atoms with Gasteiger partial charge in [0, 0.05) is 25.1 Å². The molecule has 3 rings (SSSR count). The summed E-state index contributed by atoms with van der Waals surface area (Å²) in [7, 11) is 0. The van der Waals surface area contributed by atoms with Crippen LogP contribution in [0.3, 0.4) is 0 Å². The highest BCUT2D eigenvalue weighted by molar-refractivity contribution is 6.03. The van der Waals surface area contributed by atoms with Gasteiger partial charge in [-0.25, -0.2) is 0 Å². The van der Waals surface area contributed by atoms with Gasteiger partial charge in [0.25, 0.3) is 0 Å². The van der Waals surface area contributed by atoms with Crippen molar-refractivity contribution in [3.63, 3.8) is 0 Å². The van der Waals surface area contributed by atoms with Crippen molar-refractivity contribution in [1.82, 2.24) is 5.32 Å². The quantitative estimate of drug-likeness (QED) is 0.941. The summed E-state index contributed by atoms with van der Waals surface area (Å²) < 4.78 is 0. The lowest BCUT2D eigenvalue weighted by Gasteiger charge is -2.24. The lowest BCUT2D eigenvalue weighted by molar-refractivity contribution is -0.126. The van der Waals surface area contributed by atoms with E-state index in [-0.39, 0.29) is 11.8 Å². The van der Waals surface area contributed by atoms with E-state index in [9.17, 15) is 9.59 Å². The SMILES string of the molecule is CCC(=O)N1c2ccccc2C[C@@H]1C(=O)NCc1cccc(C)c1. The number of carbonyl (C=O) groups is 2. The molecule has 124 valence electrons. The van der Waals surface area contributed by atoms with E-state index in [2.05, 4.69) is 11.4 Å². The monoisotopic (exact) mass is 322 g/mol. The van der Waals surface area contributed by atoms with Crippen molar-refractivity contribution in [2.45, 2.75) is 39.3 Å². The van der Waals surface area contributed by atoms with Crippen LogP contribution in [0.1, 0.15) is 30.0 Å². The first-order valence-corrected chi connectivity index (χ1v) is 8.33. The summed E-state index contributed by atoms with van der Waals surface area (Å²) in [6.07, 6.45) is 0.956. The summed E-state index contributed by atoms with van der Waals surface area (Å²) in [5, 5.41) is 2.98. The maximum Gasteiger partial charge on any atom is 0.243 e. The summed E-state index contributed by atoms with van der Waals surface area (Å²) >= 11 is 0. The largest absolute Gasteiger partial charge is 0.350 e. The summed E-state index contributed by atoms with van der Waals surface area (Å²) in [5.41, 5.74) is 4.14. The Kier molecular flexibility index (Phi) is 4.65. The van der Waals surface area contributed by atoms with Gasteiger partial charge < -0.3 is 5.32 Å². The van der Waals surface area contributed by atoms with Gasteiger partial charge in [0.2, 0.25) is 11.8 Å². The van der Waals surface area contributed by atoms with Crippen LogP contribution in [0.4, 0.5) is 5.69 Å². The van der Waals surface area contributed by atoms with E-state index < -0.39 is 6.04 Å². The number of aryl methyl sites for hydroxylation is 1. The number of nitrogens with zero attached hydrogens (tertiary/aromatic N) is 1. The van der Waals surface area contributed by atoms with Gasteiger partial charge in [-0.2, -0.15) is 0 Å². The van der Waals surface area contributed by atoms with Crippen molar-refractivity contribution < 1.29 is 9.59 Å². The fraction of sp³-hybridized carbons (Fsp3) is 0.300. The van der Waals surface area contributed by atoms with Crippen molar-refractivity contribution in [2.75, 3.05) is 4.90 Å². The first-order valence-electron chi connectivity index (χ1n) is 8.33. The number of carbonyl (C=O) groups excluding carboxylic acids is 2. The van der Waals surface area contributed by atoms with Gasteiger partial charge in [0.05, 0.1) is 0 Å². The average Bonchev–Trinajstić information content (AvgIpc) is 2.98. The van der Waals surface area contributed by atoms with Crippen LogP contribution < -0.4 is 10.2 Å². The molecule has 2 amide bonds. The molecule has 0 fully saturated rings. The van der Waals surface area contributed by atoms with Crippen LogP contribution in [0.2, 0.25) is 0 Å². The first-order chi connectivity index (χ1) is 11.6. The van der Waals surface area contributed by atoms with Gasteiger partial charge in [-0.1, -0.05) is 55.0 Å². The third kappa shape index (κ3) is 3.18. The van der Waals surface area contributed by atoms with E-state index in [1.165, 1.54) is 0 Å². The van der Waals surface area contributed by atoms with Crippen LogP contribution in [0.5, 0.6) is 0 Å². The van der Waals surface area contributed by atoms with Gasteiger partial charge in [0.1, 0.15) is 6.04 Å². The van der Waals surface area contributed by atoms with Gasteiger partial charge in [-0.05, 0) is 24.1 Å². The van der Waals surface area contributed by atoms with Gasteiger partial charge in [-0.15, -0.1) is 0 Å². The number of fused-ring (bicyclic) bond motifs is 1. The number of benzene rings is 2. The number of para-hydroxylation sites is 1. The molecule has 1 N–H and O–H groups in total. The topological polar surface area (TPSA) is 49.4 Å². The zero-order valence-corrected chi connectivity index (χ0v) is 14.1. The second kappa shape index (κ2) is 6.87. The summed E-state index contributed by atoms with van der Waals surface area (Å²) in [4.78, 5) is 26.7. The summed E-state index contributed by atoms with van der Waals surface area (Å²) in [6.45, 7) is 4.33. The molecule has 0 spiro atoms. The number of rotatable bonds is 4. The maximum atomic E-state index is 12.7. The normalized spacial score (nSPS) is 15.9. The van der Waals surface area contributed by atoms with Crippen LogP contribution in [-0.2, 0) is 22.6 Å².